The van der Waals surface area contributed by atoms with E-state index in [1.54, 1.807) is 6.08 Å². The van der Waals surface area contributed by atoms with Crippen molar-refractivity contribution >= 4 is 17.9 Å². The predicted molar refractivity (Wildman–Crippen MR) is 86.0 cm³/mol. The summed E-state index contributed by atoms with van der Waals surface area (Å²) in [5, 5.41) is 0. The van der Waals surface area contributed by atoms with Gasteiger partial charge in [0.2, 0.25) is 0 Å². The molecule has 0 saturated carbocycles. The van der Waals surface area contributed by atoms with Gasteiger partial charge in [0.25, 0.3) is 0 Å². The van der Waals surface area contributed by atoms with Crippen LogP contribution in [0.25, 0.3) is 12.2 Å². The van der Waals surface area contributed by atoms with Gasteiger partial charge in [-0.2, -0.15) is 0 Å². The van der Waals surface area contributed by atoms with Crippen LogP contribution in [-0.2, 0) is 10.2 Å². The Bertz CT molecular complexity index is 730. The van der Waals surface area contributed by atoms with Crippen LogP contribution in [0.5, 0.6) is 0 Å². The molecule has 0 aromatic heterocycles. The van der Waals surface area contributed by atoms with Gasteiger partial charge < -0.3 is 0 Å². The molecule has 4 rings (SSSR count). The minimum atomic E-state index is -0.176. The summed E-state index contributed by atoms with van der Waals surface area (Å²) in [6.45, 7) is 0. The SMILES string of the molecule is O=C1C=CC2(CC1)c1ccccc1C=Cc1ccccc12. The molecule has 0 N–H and O–H groups in total. The smallest absolute Gasteiger partial charge is 0.155 e. The van der Waals surface area contributed by atoms with Gasteiger partial charge in [-0.25, -0.2) is 0 Å². The zero-order valence-corrected chi connectivity index (χ0v) is 11.8. The van der Waals surface area contributed by atoms with E-state index >= 15 is 0 Å². The first-order chi connectivity index (χ1) is 10.3. The first-order valence-electron chi connectivity index (χ1n) is 7.39. The summed E-state index contributed by atoms with van der Waals surface area (Å²) >= 11 is 0. The Morgan fingerprint density at radius 1 is 0.762 bits per heavy atom. The predicted octanol–water partition coefficient (Wildman–Crippen LogP) is 4.38. The molecule has 21 heavy (non-hydrogen) atoms. The second kappa shape index (κ2) is 4.56. The van der Waals surface area contributed by atoms with Crippen LogP contribution in [-0.4, -0.2) is 5.78 Å². The fourth-order valence-corrected chi connectivity index (χ4v) is 3.59. The van der Waals surface area contributed by atoms with Gasteiger partial charge >= 0.3 is 0 Å². The minimum absolute atomic E-state index is 0.176. The van der Waals surface area contributed by atoms with E-state index in [0.29, 0.717) is 6.42 Å². The molecule has 1 nitrogen and oxygen atoms in total. The van der Waals surface area contributed by atoms with Crippen LogP contribution in [0.4, 0.5) is 0 Å². The number of rotatable bonds is 0. The zero-order chi connectivity index (χ0) is 14.3. The lowest BCUT2D eigenvalue weighted by Gasteiger charge is -2.35. The Labute approximate surface area is 124 Å². The molecule has 2 aromatic carbocycles. The van der Waals surface area contributed by atoms with E-state index in [0.717, 1.165) is 6.42 Å². The van der Waals surface area contributed by atoms with Crippen molar-refractivity contribution in [1.82, 2.24) is 0 Å². The minimum Gasteiger partial charge on any atom is -0.295 e. The van der Waals surface area contributed by atoms with E-state index in [1.165, 1.54) is 22.3 Å². The molecule has 2 aliphatic rings. The molecular weight excluding hydrogens is 256 g/mol. The lowest BCUT2D eigenvalue weighted by molar-refractivity contribution is -0.115. The largest absolute Gasteiger partial charge is 0.295 e. The summed E-state index contributed by atoms with van der Waals surface area (Å²) in [5.41, 5.74) is 4.91. The molecular formula is C20H16O. The quantitative estimate of drug-likeness (QED) is 0.695. The number of benzene rings is 2. The van der Waals surface area contributed by atoms with Crippen molar-refractivity contribution < 1.29 is 4.79 Å². The van der Waals surface area contributed by atoms with Gasteiger partial charge in [0.05, 0.1) is 0 Å². The van der Waals surface area contributed by atoms with Crippen molar-refractivity contribution in [3.63, 3.8) is 0 Å². The van der Waals surface area contributed by atoms with Crippen molar-refractivity contribution in [1.29, 1.82) is 0 Å². The van der Waals surface area contributed by atoms with Gasteiger partial charge in [-0.1, -0.05) is 66.8 Å². The second-order valence-electron chi connectivity index (χ2n) is 5.78. The van der Waals surface area contributed by atoms with E-state index in [4.69, 9.17) is 0 Å². The van der Waals surface area contributed by atoms with E-state index in [1.807, 2.05) is 0 Å². The molecule has 0 heterocycles. The number of hydrogen-bond acceptors (Lipinski definition) is 1. The Kier molecular flexibility index (Phi) is 2.68. The summed E-state index contributed by atoms with van der Waals surface area (Å²) in [5.74, 6) is 0.229. The van der Waals surface area contributed by atoms with Crippen LogP contribution < -0.4 is 0 Å². The Balaban J connectivity index is 2.07. The lowest BCUT2D eigenvalue weighted by atomic mass is 9.67. The molecule has 1 spiro atoms. The molecule has 0 fully saturated rings. The maximum atomic E-state index is 11.7. The van der Waals surface area contributed by atoms with Crippen LogP contribution in [0.15, 0.2) is 60.7 Å². The molecule has 2 aliphatic carbocycles. The summed E-state index contributed by atoms with van der Waals surface area (Å²) in [4.78, 5) is 11.7. The van der Waals surface area contributed by atoms with Crippen molar-refractivity contribution in [2.24, 2.45) is 0 Å². The number of hydrogen-bond donors (Lipinski definition) is 0. The summed E-state index contributed by atoms with van der Waals surface area (Å²) in [6, 6.07) is 17.0. The molecule has 0 bridgehead atoms. The maximum Gasteiger partial charge on any atom is 0.155 e. The highest BCUT2D eigenvalue weighted by Crippen LogP contribution is 2.45. The van der Waals surface area contributed by atoms with Gasteiger partial charge in [0, 0.05) is 11.8 Å². The summed E-state index contributed by atoms with van der Waals surface area (Å²) in [6.07, 6.45) is 9.71. The van der Waals surface area contributed by atoms with Gasteiger partial charge in [-0.3, -0.25) is 4.79 Å². The highest BCUT2D eigenvalue weighted by atomic mass is 16.1. The molecule has 2 aromatic rings. The van der Waals surface area contributed by atoms with E-state index < -0.39 is 0 Å². The molecule has 0 atom stereocenters. The normalized spacial score (nSPS) is 18.2. The number of carbonyl (C=O) groups excluding carboxylic acids is 1. The zero-order valence-electron chi connectivity index (χ0n) is 11.8. The fraction of sp³-hybridized carbons (Fsp3) is 0.150. The van der Waals surface area contributed by atoms with Crippen LogP contribution in [0.3, 0.4) is 0 Å². The Morgan fingerprint density at radius 2 is 1.33 bits per heavy atom. The van der Waals surface area contributed by atoms with E-state index in [2.05, 4.69) is 66.8 Å². The van der Waals surface area contributed by atoms with Crippen molar-refractivity contribution in [3.8, 4) is 0 Å². The van der Waals surface area contributed by atoms with Gasteiger partial charge in [-0.15, -0.1) is 0 Å². The third-order valence-corrected chi connectivity index (χ3v) is 4.64. The van der Waals surface area contributed by atoms with Crippen LogP contribution in [0.2, 0.25) is 0 Å². The average molecular weight is 272 g/mol. The third-order valence-electron chi connectivity index (χ3n) is 4.64. The molecule has 0 unspecified atom stereocenters. The number of ketones is 1. The lowest BCUT2D eigenvalue weighted by Crippen LogP contribution is -2.30. The average Bonchev–Trinajstić information content (AvgIpc) is 2.67. The van der Waals surface area contributed by atoms with Crippen molar-refractivity contribution in [3.05, 3.63) is 82.9 Å². The molecule has 0 amide bonds. The first-order valence-corrected chi connectivity index (χ1v) is 7.39. The fourth-order valence-electron chi connectivity index (χ4n) is 3.59. The monoisotopic (exact) mass is 272 g/mol. The maximum absolute atomic E-state index is 11.7. The van der Waals surface area contributed by atoms with Crippen molar-refractivity contribution in [2.45, 2.75) is 18.3 Å². The Morgan fingerprint density at radius 3 is 1.86 bits per heavy atom. The van der Waals surface area contributed by atoms with E-state index in [-0.39, 0.29) is 11.2 Å². The van der Waals surface area contributed by atoms with Crippen LogP contribution in [0.1, 0.15) is 35.1 Å². The number of fused-ring (bicyclic) bond motifs is 4. The van der Waals surface area contributed by atoms with Gasteiger partial charge in [-0.05, 0) is 34.8 Å². The van der Waals surface area contributed by atoms with Gasteiger partial charge in [0.1, 0.15) is 0 Å². The van der Waals surface area contributed by atoms with Crippen LogP contribution >= 0.6 is 0 Å². The highest BCUT2D eigenvalue weighted by molar-refractivity contribution is 5.92. The molecule has 0 radical (unpaired) electrons. The first kappa shape index (κ1) is 12.3. The number of allylic oxidation sites excluding steroid dienone is 2. The molecule has 0 saturated heterocycles. The number of carbonyl (C=O) groups is 1. The standard InChI is InChI=1S/C20H16O/c21-17-11-13-20(14-12-17)18-7-3-1-5-15(18)9-10-16-6-2-4-8-19(16)20/h1-11,13H,12,14H2. The molecule has 102 valence electrons. The van der Waals surface area contributed by atoms with Gasteiger partial charge in [0.15, 0.2) is 5.78 Å². The Hall–Kier alpha value is -2.41. The summed E-state index contributed by atoms with van der Waals surface area (Å²) in [7, 11) is 0. The van der Waals surface area contributed by atoms with Crippen LogP contribution in [0, 0.1) is 0 Å². The second-order valence-corrected chi connectivity index (χ2v) is 5.78. The van der Waals surface area contributed by atoms with E-state index in [9.17, 15) is 4.79 Å². The third kappa shape index (κ3) is 1.81. The van der Waals surface area contributed by atoms with Crippen molar-refractivity contribution in [2.75, 3.05) is 0 Å². The topological polar surface area (TPSA) is 17.1 Å². The molecule has 0 aliphatic heterocycles. The highest BCUT2D eigenvalue weighted by Gasteiger charge is 2.37. The molecule has 1 heteroatoms. The summed E-state index contributed by atoms with van der Waals surface area (Å²) < 4.78 is 0.